The van der Waals surface area contributed by atoms with Gasteiger partial charge in [-0.1, -0.05) is 12.1 Å². The highest BCUT2D eigenvalue weighted by Crippen LogP contribution is 2.27. The first-order chi connectivity index (χ1) is 8.70. The van der Waals surface area contributed by atoms with E-state index in [0.29, 0.717) is 17.2 Å². The van der Waals surface area contributed by atoms with Crippen molar-refractivity contribution in [2.45, 2.75) is 19.6 Å². The van der Waals surface area contributed by atoms with Gasteiger partial charge in [0, 0.05) is 11.8 Å². The number of aromatic nitrogens is 1. The second-order valence-electron chi connectivity index (χ2n) is 3.98. The van der Waals surface area contributed by atoms with Crippen LogP contribution in [0.4, 0.5) is 0 Å². The van der Waals surface area contributed by atoms with Gasteiger partial charge >= 0.3 is 0 Å². The molecule has 0 aliphatic carbocycles. The molecule has 94 valence electrons. The van der Waals surface area contributed by atoms with Gasteiger partial charge in [0.05, 0.1) is 12.7 Å². The Bertz CT molecular complexity index is 509. The number of hydrogen-bond donors (Lipinski definition) is 2. The van der Waals surface area contributed by atoms with Crippen LogP contribution >= 0.6 is 0 Å². The second-order valence-corrected chi connectivity index (χ2v) is 3.98. The van der Waals surface area contributed by atoms with Crippen LogP contribution in [0.15, 0.2) is 42.6 Å². The van der Waals surface area contributed by atoms with E-state index in [4.69, 9.17) is 9.84 Å². The molecule has 0 unspecified atom stereocenters. The van der Waals surface area contributed by atoms with Crippen molar-refractivity contribution in [3.8, 4) is 11.6 Å². The standard InChI is InChI=1S/C14H15NO3/c1-10(17)13-3-2-8-15-14(13)18-12-6-4-11(9-16)5-7-12/h2-8,10,16-17H,9H2,1H3/t10-/m0/s1. The van der Waals surface area contributed by atoms with Crippen LogP contribution in [-0.2, 0) is 6.61 Å². The second kappa shape index (κ2) is 5.62. The first-order valence-corrected chi connectivity index (χ1v) is 5.71. The molecule has 0 spiro atoms. The van der Waals surface area contributed by atoms with Crippen LogP contribution in [0.25, 0.3) is 0 Å². The van der Waals surface area contributed by atoms with E-state index in [2.05, 4.69) is 4.98 Å². The maximum atomic E-state index is 9.61. The number of aliphatic hydroxyl groups excluding tert-OH is 2. The molecule has 2 rings (SSSR count). The minimum absolute atomic E-state index is 0.00277. The lowest BCUT2D eigenvalue weighted by molar-refractivity contribution is 0.194. The van der Waals surface area contributed by atoms with Crippen LogP contribution < -0.4 is 4.74 Å². The Morgan fingerprint density at radius 1 is 1.22 bits per heavy atom. The van der Waals surface area contributed by atoms with Gasteiger partial charge in [-0.3, -0.25) is 0 Å². The Balaban J connectivity index is 2.22. The van der Waals surface area contributed by atoms with Crippen LogP contribution in [0.5, 0.6) is 11.6 Å². The van der Waals surface area contributed by atoms with E-state index in [-0.39, 0.29) is 6.61 Å². The summed E-state index contributed by atoms with van der Waals surface area (Å²) in [7, 11) is 0. The molecule has 0 saturated heterocycles. The third-order valence-corrected chi connectivity index (χ3v) is 2.57. The molecule has 18 heavy (non-hydrogen) atoms. The number of ether oxygens (including phenoxy) is 1. The average Bonchev–Trinajstić information content (AvgIpc) is 2.40. The molecule has 0 aliphatic heterocycles. The largest absolute Gasteiger partial charge is 0.439 e. The van der Waals surface area contributed by atoms with Crippen molar-refractivity contribution in [1.82, 2.24) is 4.98 Å². The number of benzene rings is 1. The molecule has 0 bridgehead atoms. The maximum absolute atomic E-state index is 9.61. The first-order valence-electron chi connectivity index (χ1n) is 5.71. The fourth-order valence-electron chi connectivity index (χ4n) is 1.58. The molecule has 4 nitrogen and oxygen atoms in total. The van der Waals surface area contributed by atoms with Gasteiger partial charge in [0.2, 0.25) is 5.88 Å². The quantitative estimate of drug-likeness (QED) is 0.868. The predicted octanol–water partition coefficient (Wildman–Crippen LogP) is 2.42. The summed E-state index contributed by atoms with van der Waals surface area (Å²) in [5.41, 5.74) is 1.46. The highest BCUT2D eigenvalue weighted by molar-refractivity contribution is 5.34. The third kappa shape index (κ3) is 2.85. The van der Waals surface area contributed by atoms with Gasteiger partial charge in [0.1, 0.15) is 5.75 Å². The van der Waals surface area contributed by atoms with Crippen LogP contribution in [0.3, 0.4) is 0 Å². The lowest BCUT2D eigenvalue weighted by Gasteiger charge is -2.11. The van der Waals surface area contributed by atoms with Crippen LogP contribution in [0.1, 0.15) is 24.2 Å². The molecular weight excluding hydrogens is 230 g/mol. The Hall–Kier alpha value is -1.91. The molecule has 4 heteroatoms. The molecule has 1 aromatic heterocycles. The Kier molecular flexibility index (Phi) is 3.92. The van der Waals surface area contributed by atoms with Gasteiger partial charge in [0.15, 0.2) is 0 Å². The molecule has 1 atom stereocenters. The zero-order chi connectivity index (χ0) is 13.0. The highest BCUT2D eigenvalue weighted by atomic mass is 16.5. The van der Waals surface area contributed by atoms with Gasteiger partial charge in [-0.2, -0.15) is 0 Å². The van der Waals surface area contributed by atoms with Gasteiger partial charge < -0.3 is 14.9 Å². The fourth-order valence-corrected chi connectivity index (χ4v) is 1.58. The van der Waals surface area contributed by atoms with E-state index in [0.717, 1.165) is 5.56 Å². The molecule has 2 aromatic rings. The van der Waals surface area contributed by atoms with Crippen molar-refractivity contribution in [3.63, 3.8) is 0 Å². The van der Waals surface area contributed by atoms with Crippen LogP contribution in [-0.4, -0.2) is 15.2 Å². The molecule has 0 aliphatic rings. The summed E-state index contributed by atoms with van der Waals surface area (Å²) in [6, 6.07) is 10.6. The van der Waals surface area contributed by atoms with E-state index in [1.54, 1.807) is 49.5 Å². The van der Waals surface area contributed by atoms with Crippen molar-refractivity contribution >= 4 is 0 Å². The Morgan fingerprint density at radius 2 is 1.94 bits per heavy atom. The minimum Gasteiger partial charge on any atom is -0.439 e. The summed E-state index contributed by atoms with van der Waals surface area (Å²) >= 11 is 0. The van der Waals surface area contributed by atoms with E-state index in [1.807, 2.05) is 0 Å². The summed E-state index contributed by atoms with van der Waals surface area (Å²) in [4.78, 5) is 4.11. The fraction of sp³-hybridized carbons (Fsp3) is 0.214. The monoisotopic (exact) mass is 245 g/mol. The molecule has 2 N–H and O–H groups in total. The Labute approximate surface area is 106 Å². The molecular formula is C14H15NO3. The van der Waals surface area contributed by atoms with Crippen LogP contribution in [0.2, 0.25) is 0 Å². The number of hydrogen-bond acceptors (Lipinski definition) is 4. The molecule has 0 fully saturated rings. The lowest BCUT2D eigenvalue weighted by Crippen LogP contribution is -1.98. The third-order valence-electron chi connectivity index (χ3n) is 2.57. The summed E-state index contributed by atoms with van der Waals surface area (Å²) in [6.07, 6.45) is 0.981. The van der Waals surface area contributed by atoms with Crippen molar-refractivity contribution in [2.24, 2.45) is 0 Å². The zero-order valence-electron chi connectivity index (χ0n) is 10.1. The number of aliphatic hydroxyl groups is 2. The number of pyridine rings is 1. The lowest BCUT2D eigenvalue weighted by atomic mass is 10.2. The topological polar surface area (TPSA) is 62.6 Å². The molecule has 1 aromatic carbocycles. The molecule has 1 heterocycles. The highest BCUT2D eigenvalue weighted by Gasteiger charge is 2.10. The molecule has 0 amide bonds. The van der Waals surface area contributed by atoms with Crippen molar-refractivity contribution in [2.75, 3.05) is 0 Å². The van der Waals surface area contributed by atoms with Gasteiger partial charge in [-0.05, 0) is 36.8 Å². The van der Waals surface area contributed by atoms with Crippen molar-refractivity contribution in [3.05, 3.63) is 53.7 Å². The summed E-state index contributed by atoms with van der Waals surface area (Å²) < 4.78 is 5.62. The SMILES string of the molecule is C[C@H](O)c1cccnc1Oc1ccc(CO)cc1. The van der Waals surface area contributed by atoms with E-state index >= 15 is 0 Å². The van der Waals surface area contributed by atoms with Gasteiger partial charge in [-0.25, -0.2) is 4.98 Å². The van der Waals surface area contributed by atoms with E-state index in [1.165, 1.54) is 0 Å². The summed E-state index contributed by atoms with van der Waals surface area (Å²) in [5, 5.41) is 18.6. The first kappa shape index (κ1) is 12.5. The van der Waals surface area contributed by atoms with Gasteiger partial charge in [-0.15, -0.1) is 0 Å². The smallest absolute Gasteiger partial charge is 0.225 e. The number of nitrogens with zero attached hydrogens (tertiary/aromatic N) is 1. The van der Waals surface area contributed by atoms with Crippen LogP contribution in [0, 0.1) is 0 Å². The van der Waals surface area contributed by atoms with Crippen molar-refractivity contribution in [1.29, 1.82) is 0 Å². The maximum Gasteiger partial charge on any atom is 0.225 e. The average molecular weight is 245 g/mol. The normalized spacial score (nSPS) is 12.2. The van der Waals surface area contributed by atoms with Gasteiger partial charge in [0.25, 0.3) is 0 Å². The van der Waals surface area contributed by atoms with E-state index < -0.39 is 6.10 Å². The Morgan fingerprint density at radius 3 is 2.56 bits per heavy atom. The van der Waals surface area contributed by atoms with E-state index in [9.17, 15) is 5.11 Å². The molecule has 0 radical (unpaired) electrons. The summed E-state index contributed by atoms with van der Waals surface area (Å²) in [5.74, 6) is 1.01. The molecule has 0 saturated carbocycles. The zero-order valence-corrected chi connectivity index (χ0v) is 10.1. The predicted molar refractivity (Wildman–Crippen MR) is 67.3 cm³/mol. The number of rotatable bonds is 4. The summed E-state index contributed by atoms with van der Waals surface area (Å²) in [6.45, 7) is 1.67. The minimum atomic E-state index is -0.634. The van der Waals surface area contributed by atoms with Crippen molar-refractivity contribution < 1.29 is 14.9 Å².